The molecule has 1 fully saturated rings. The van der Waals surface area contributed by atoms with Gasteiger partial charge in [-0.25, -0.2) is 13.1 Å². The van der Waals surface area contributed by atoms with Crippen molar-refractivity contribution in [3.63, 3.8) is 0 Å². The predicted octanol–water partition coefficient (Wildman–Crippen LogP) is 3.12. The zero-order valence-electron chi connectivity index (χ0n) is 16.8. The molecule has 0 spiro atoms. The van der Waals surface area contributed by atoms with Crippen LogP contribution in [0.4, 0.5) is 5.82 Å². The van der Waals surface area contributed by atoms with Crippen LogP contribution in [0.1, 0.15) is 44.0 Å². The number of benzene rings is 1. The summed E-state index contributed by atoms with van der Waals surface area (Å²) in [6, 6.07) is 8.78. The molecule has 28 heavy (non-hydrogen) atoms. The fourth-order valence-electron chi connectivity index (χ4n) is 3.47. The molecule has 152 valence electrons. The first-order valence-corrected chi connectivity index (χ1v) is 11.1. The molecule has 2 heterocycles. The Morgan fingerprint density at radius 1 is 1.21 bits per heavy atom. The molecular weight excluding hydrogens is 376 g/mol. The van der Waals surface area contributed by atoms with E-state index in [-0.39, 0.29) is 29.3 Å². The Morgan fingerprint density at radius 3 is 2.54 bits per heavy atom. The summed E-state index contributed by atoms with van der Waals surface area (Å²) in [5.41, 5.74) is 1.84. The van der Waals surface area contributed by atoms with Gasteiger partial charge in [-0.2, -0.15) is 9.40 Å². The molecule has 1 aliphatic rings. The number of piperidine rings is 1. The van der Waals surface area contributed by atoms with Crippen LogP contribution < -0.4 is 5.32 Å². The van der Waals surface area contributed by atoms with E-state index in [9.17, 15) is 13.2 Å². The molecule has 1 aromatic carbocycles. The summed E-state index contributed by atoms with van der Waals surface area (Å²) in [5, 5.41) is 7.35. The molecule has 0 bridgehead atoms. The van der Waals surface area contributed by atoms with Crippen LogP contribution in [0.15, 0.2) is 35.2 Å². The van der Waals surface area contributed by atoms with E-state index in [0.29, 0.717) is 25.2 Å². The van der Waals surface area contributed by atoms with E-state index in [1.54, 1.807) is 28.9 Å². The first kappa shape index (κ1) is 20.5. The summed E-state index contributed by atoms with van der Waals surface area (Å²) in [5.74, 6) is 0.103. The molecule has 1 amide bonds. The van der Waals surface area contributed by atoms with Gasteiger partial charge in [-0.3, -0.25) is 4.79 Å². The highest BCUT2D eigenvalue weighted by molar-refractivity contribution is 7.89. The zero-order valence-corrected chi connectivity index (χ0v) is 17.7. The SMILES string of the molecule is Cc1ccc(S(=O)(=O)N2CCC[C@H](C(=O)Nc3cc(C)nn3C(C)C)C2)cc1. The number of rotatable bonds is 5. The summed E-state index contributed by atoms with van der Waals surface area (Å²) >= 11 is 0. The van der Waals surface area contributed by atoms with Crippen LogP contribution in [0.25, 0.3) is 0 Å². The maximum absolute atomic E-state index is 13.0. The van der Waals surface area contributed by atoms with Gasteiger partial charge in [0.05, 0.1) is 16.5 Å². The zero-order chi connectivity index (χ0) is 20.5. The Morgan fingerprint density at radius 2 is 1.89 bits per heavy atom. The molecule has 1 atom stereocenters. The minimum atomic E-state index is -3.60. The molecule has 1 N–H and O–H groups in total. The fourth-order valence-corrected chi connectivity index (χ4v) is 4.99. The minimum absolute atomic E-state index is 0.119. The van der Waals surface area contributed by atoms with Gasteiger partial charge in [0.2, 0.25) is 15.9 Å². The van der Waals surface area contributed by atoms with Crippen LogP contribution in [-0.2, 0) is 14.8 Å². The average Bonchev–Trinajstić information content (AvgIpc) is 3.02. The Labute approximate surface area is 166 Å². The number of nitrogens with zero attached hydrogens (tertiary/aromatic N) is 3. The van der Waals surface area contributed by atoms with E-state index in [4.69, 9.17) is 0 Å². The van der Waals surface area contributed by atoms with Crippen molar-refractivity contribution in [1.82, 2.24) is 14.1 Å². The maximum atomic E-state index is 13.0. The second-order valence-electron chi connectivity index (χ2n) is 7.71. The molecule has 1 aliphatic heterocycles. The molecule has 8 heteroatoms. The van der Waals surface area contributed by atoms with Crippen molar-refractivity contribution in [2.75, 3.05) is 18.4 Å². The summed E-state index contributed by atoms with van der Waals surface area (Å²) in [7, 11) is -3.60. The van der Waals surface area contributed by atoms with Gasteiger partial charge in [0.25, 0.3) is 0 Å². The molecular formula is C20H28N4O3S. The van der Waals surface area contributed by atoms with Gasteiger partial charge in [-0.15, -0.1) is 0 Å². The Hall–Kier alpha value is -2.19. The Kier molecular flexibility index (Phi) is 5.90. The number of sulfonamides is 1. The third-order valence-corrected chi connectivity index (χ3v) is 6.89. The van der Waals surface area contributed by atoms with Crippen LogP contribution in [-0.4, -0.2) is 41.5 Å². The molecule has 7 nitrogen and oxygen atoms in total. The van der Waals surface area contributed by atoms with Gasteiger partial charge in [0.1, 0.15) is 5.82 Å². The van der Waals surface area contributed by atoms with Crippen molar-refractivity contribution in [2.45, 2.75) is 51.5 Å². The summed E-state index contributed by atoms with van der Waals surface area (Å²) in [4.78, 5) is 13.1. The highest BCUT2D eigenvalue weighted by Gasteiger charge is 2.33. The highest BCUT2D eigenvalue weighted by atomic mass is 32.2. The Bertz CT molecular complexity index is 948. The summed E-state index contributed by atoms with van der Waals surface area (Å²) in [6.45, 7) is 8.42. The van der Waals surface area contributed by atoms with Gasteiger partial charge in [-0.1, -0.05) is 17.7 Å². The monoisotopic (exact) mass is 404 g/mol. The number of nitrogens with one attached hydrogen (secondary N) is 1. The lowest BCUT2D eigenvalue weighted by molar-refractivity contribution is -0.120. The van der Waals surface area contributed by atoms with Crippen molar-refractivity contribution in [2.24, 2.45) is 5.92 Å². The van der Waals surface area contributed by atoms with E-state index in [0.717, 1.165) is 11.3 Å². The predicted molar refractivity (Wildman–Crippen MR) is 109 cm³/mol. The first-order valence-electron chi connectivity index (χ1n) is 9.62. The van der Waals surface area contributed by atoms with Gasteiger partial charge in [0.15, 0.2) is 0 Å². The number of amides is 1. The fraction of sp³-hybridized carbons (Fsp3) is 0.500. The number of hydrogen-bond donors (Lipinski definition) is 1. The maximum Gasteiger partial charge on any atom is 0.243 e. The summed E-state index contributed by atoms with van der Waals surface area (Å²) in [6.07, 6.45) is 1.33. The first-order chi connectivity index (χ1) is 13.2. The van der Waals surface area contributed by atoms with Gasteiger partial charge in [0, 0.05) is 25.2 Å². The van der Waals surface area contributed by atoms with Crippen LogP contribution in [0, 0.1) is 19.8 Å². The molecule has 0 radical (unpaired) electrons. The molecule has 3 rings (SSSR count). The van der Waals surface area contributed by atoms with E-state index in [1.807, 2.05) is 33.8 Å². The van der Waals surface area contributed by atoms with Crippen molar-refractivity contribution < 1.29 is 13.2 Å². The average molecular weight is 405 g/mol. The third-order valence-electron chi connectivity index (χ3n) is 5.01. The summed E-state index contributed by atoms with van der Waals surface area (Å²) < 4.78 is 29.1. The number of hydrogen-bond acceptors (Lipinski definition) is 4. The lowest BCUT2D eigenvalue weighted by atomic mass is 9.99. The van der Waals surface area contributed by atoms with E-state index in [2.05, 4.69) is 10.4 Å². The number of aryl methyl sites for hydroxylation is 2. The number of aromatic nitrogens is 2. The van der Waals surface area contributed by atoms with Gasteiger partial charge < -0.3 is 5.32 Å². The normalized spacial score (nSPS) is 18.4. The second-order valence-corrected chi connectivity index (χ2v) is 9.65. The van der Waals surface area contributed by atoms with Crippen molar-refractivity contribution in [3.8, 4) is 0 Å². The van der Waals surface area contributed by atoms with E-state index < -0.39 is 10.0 Å². The molecule has 0 saturated carbocycles. The topological polar surface area (TPSA) is 84.3 Å². The standard InChI is InChI=1S/C20H28N4O3S/c1-14(2)24-19(12-16(4)22-24)21-20(25)17-6-5-11-23(13-17)28(26,27)18-9-7-15(3)8-10-18/h7-10,12,14,17H,5-6,11,13H2,1-4H3,(H,21,25)/t17-/m0/s1. The van der Waals surface area contributed by atoms with Crippen LogP contribution in [0.5, 0.6) is 0 Å². The van der Waals surface area contributed by atoms with Gasteiger partial charge in [-0.05, 0) is 52.7 Å². The van der Waals surface area contributed by atoms with E-state index >= 15 is 0 Å². The number of carbonyl (C=O) groups is 1. The number of anilines is 1. The Balaban J connectivity index is 1.74. The largest absolute Gasteiger partial charge is 0.311 e. The lowest BCUT2D eigenvalue weighted by Gasteiger charge is -2.31. The third kappa shape index (κ3) is 4.28. The molecule has 1 saturated heterocycles. The number of carbonyl (C=O) groups excluding carboxylic acids is 1. The van der Waals surface area contributed by atoms with Gasteiger partial charge >= 0.3 is 0 Å². The highest BCUT2D eigenvalue weighted by Crippen LogP contribution is 2.25. The minimum Gasteiger partial charge on any atom is -0.311 e. The second kappa shape index (κ2) is 8.05. The van der Waals surface area contributed by atoms with Crippen LogP contribution in [0.2, 0.25) is 0 Å². The molecule has 0 unspecified atom stereocenters. The van der Waals surface area contributed by atoms with Crippen molar-refractivity contribution >= 4 is 21.7 Å². The molecule has 2 aromatic rings. The molecule has 0 aliphatic carbocycles. The molecule has 1 aromatic heterocycles. The quantitative estimate of drug-likeness (QED) is 0.830. The van der Waals surface area contributed by atoms with Crippen LogP contribution >= 0.6 is 0 Å². The van der Waals surface area contributed by atoms with Crippen molar-refractivity contribution in [1.29, 1.82) is 0 Å². The smallest absolute Gasteiger partial charge is 0.243 e. The lowest BCUT2D eigenvalue weighted by Crippen LogP contribution is -2.43. The van der Waals surface area contributed by atoms with E-state index in [1.165, 1.54) is 4.31 Å². The van der Waals surface area contributed by atoms with Crippen molar-refractivity contribution in [3.05, 3.63) is 41.6 Å². The van der Waals surface area contributed by atoms with Crippen LogP contribution in [0.3, 0.4) is 0 Å².